The van der Waals surface area contributed by atoms with Crippen molar-refractivity contribution in [3.05, 3.63) is 23.7 Å². The molecule has 7 heteroatoms. The Morgan fingerprint density at radius 1 is 1.38 bits per heavy atom. The lowest BCUT2D eigenvalue weighted by Crippen LogP contribution is -2.39. The largest absolute Gasteiger partial charge is 0.478 e. The Labute approximate surface area is 121 Å². The summed E-state index contributed by atoms with van der Waals surface area (Å²) in [5, 5.41) is 11.4. The highest BCUT2D eigenvalue weighted by atomic mass is 16.4. The molecule has 2 heterocycles. The smallest absolute Gasteiger partial charge is 0.338 e. The van der Waals surface area contributed by atoms with Crippen LogP contribution in [0.2, 0.25) is 0 Å². The second-order valence-electron chi connectivity index (χ2n) is 5.12. The number of carboxylic acid groups (broad SMARTS) is 1. The second-order valence-corrected chi connectivity index (χ2v) is 5.12. The minimum atomic E-state index is -1.12. The third-order valence-electron chi connectivity index (χ3n) is 3.71. The molecule has 1 aliphatic rings. The molecule has 2 N–H and O–H groups in total. The van der Waals surface area contributed by atoms with Crippen LogP contribution < -0.4 is 5.32 Å². The summed E-state index contributed by atoms with van der Waals surface area (Å²) >= 11 is 0. The van der Waals surface area contributed by atoms with Crippen molar-refractivity contribution in [3.63, 3.8) is 0 Å². The van der Waals surface area contributed by atoms with Crippen LogP contribution >= 0.6 is 0 Å². The van der Waals surface area contributed by atoms with Crippen LogP contribution in [-0.4, -0.2) is 47.9 Å². The van der Waals surface area contributed by atoms with E-state index in [2.05, 4.69) is 5.32 Å². The van der Waals surface area contributed by atoms with Crippen LogP contribution in [-0.2, 0) is 4.79 Å². The maximum absolute atomic E-state index is 12.2. The number of aromatic carboxylic acids is 1. The highest BCUT2D eigenvalue weighted by Gasteiger charge is 2.26. The van der Waals surface area contributed by atoms with Crippen molar-refractivity contribution in [3.8, 4) is 0 Å². The van der Waals surface area contributed by atoms with Crippen molar-refractivity contribution in [1.29, 1.82) is 0 Å². The normalized spacial score (nSPS) is 15.8. The van der Waals surface area contributed by atoms with Gasteiger partial charge in [0.05, 0.1) is 5.56 Å². The number of nitrogens with one attached hydrogen (secondary N) is 1. The van der Waals surface area contributed by atoms with Crippen LogP contribution in [0.15, 0.2) is 16.7 Å². The number of hydrogen-bond donors (Lipinski definition) is 2. The van der Waals surface area contributed by atoms with E-state index in [1.807, 2.05) is 0 Å². The first kappa shape index (κ1) is 15.1. The second kappa shape index (κ2) is 6.43. The predicted octanol–water partition coefficient (Wildman–Crippen LogP) is 0.966. The molecule has 0 radical (unpaired) electrons. The molecule has 1 aliphatic heterocycles. The number of furan rings is 1. The van der Waals surface area contributed by atoms with E-state index in [4.69, 9.17) is 9.52 Å². The Morgan fingerprint density at radius 2 is 2.05 bits per heavy atom. The monoisotopic (exact) mass is 294 g/mol. The molecule has 0 aromatic carbocycles. The van der Waals surface area contributed by atoms with E-state index in [1.165, 1.54) is 6.07 Å². The molecule has 7 nitrogen and oxygen atoms in total. The van der Waals surface area contributed by atoms with Crippen LogP contribution in [0.1, 0.15) is 40.2 Å². The van der Waals surface area contributed by atoms with Crippen molar-refractivity contribution in [2.24, 2.45) is 5.92 Å². The van der Waals surface area contributed by atoms with Crippen LogP contribution in [0.4, 0.5) is 0 Å². The quantitative estimate of drug-likeness (QED) is 0.861. The Morgan fingerprint density at radius 3 is 2.57 bits per heavy atom. The van der Waals surface area contributed by atoms with Gasteiger partial charge in [0.25, 0.3) is 5.91 Å². The molecule has 1 fully saturated rings. The number of carboxylic acids is 1. The Kier molecular flexibility index (Phi) is 4.62. The summed E-state index contributed by atoms with van der Waals surface area (Å²) < 4.78 is 5.01. The lowest BCUT2D eigenvalue weighted by Gasteiger charge is -2.31. The molecule has 0 aliphatic carbocycles. The van der Waals surface area contributed by atoms with Crippen LogP contribution in [0.5, 0.6) is 0 Å². The standard InChI is InChI=1S/C14H18N2O5/c1-15-12(17)6-9-2-4-16(5-3-9)13(18)11-7-10(8-21-11)14(19)20/h7-9H,2-6H2,1H3,(H,15,17)(H,19,20). The molecule has 2 amide bonds. The molecule has 0 spiro atoms. The third-order valence-corrected chi connectivity index (χ3v) is 3.71. The van der Waals surface area contributed by atoms with E-state index in [0.29, 0.717) is 19.5 Å². The molecule has 0 saturated carbocycles. The number of nitrogens with zero attached hydrogens (tertiary/aromatic N) is 1. The van der Waals surface area contributed by atoms with E-state index < -0.39 is 5.97 Å². The average molecular weight is 294 g/mol. The van der Waals surface area contributed by atoms with Gasteiger partial charge in [-0.3, -0.25) is 9.59 Å². The lowest BCUT2D eigenvalue weighted by molar-refractivity contribution is -0.121. The summed E-state index contributed by atoms with van der Waals surface area (Å²) in [6.07, 6.45) is 3.05. The van der Waals surface area contributed by atoms with Crippen molar-refractivity contribution >= 4 is 17.8 Å². The molecule has 1 aromatic rings. The maximum atomic E-state index is 12.2. The number of carbonyl (C=O) groups excluding carboxylic acids is 2. The highest BCUT2D eigenvalue weighted by Crippen LogP contribution is 2.22. The number of hydrogen-bond acceptors (Lipinski definition) is 4. The SMILES string of the molecule is CNC(=O)CC1CCN(C(=O)c2cc(C(=O)O)co2)CC1. The molecular weight excluding hydrogens is 276 g/mol. The molecule has 1 aromatic heterocycles. The fourth-order valence-corrected chi connectivity index (χ4v) is 2.42. The van der Waals surface area contributed by atoms with Gasteiger partial charge in [-0.05, 0) is 18.8 Å². The van der Waals surface area contributed by atoms with Gasteiger partial charge in [0.2, 0.25) is 5.91 Å². The van der Waals surface area contributed by atoms with Gasteiger partial charge in [0.1, 0.15) is 6.26 Å². The van der Waals surface area contributed by atoms with Gasteiger partial charge >= 0.3 is 5.97 Å². The van der Waals surface area contributed by atoms with Gasteiger partial charge in [-0.2, -0.15) is 0 Å². The van der Waals surface area contributed by atoms with Gasteiger partial charge < -0.3 is 19.7 Å². The maximum Gasteiger partial charge on any atom is 0.338 e. The first-order valence-electron chi connectivity index (χ1n) is 6.83. The molecule has 0 atom stereocenters. The first-order valence-corrected chi connectivity index (χ1v) is 6.83. The minimum Gasteiger partial charge on any atom is -0.478 e. The Hall–Kier alpha value is -2.31. The van der Waals surface area contributed by atoms with Crippen LogP contribution in [0.3, 0.4) is 0 Å². The summed E-state index contributed by atoms with van der Waals surface area (Å²) in [5.41, 5.74) is -0.0344. The predicted molar refractivity (Wildman–Crippen MR) is 73.0 cm³/mol. The van der Waals surface area contributed by atoms with Crippen molar-refractivity contribution in [2.75, 3.05) is 20.1 Å². The molecule has 114 valence electrons. The zero-order chi connectivity index (χ0) is 15.4. The molecule has 0 bridgehead atoms. The van der Waals surface area contributed by atoms with Gasteiger partial charge in [-0.15, -0.1) is 0 Å². The van der Waals surface area contributed by atoms with Gasteiger partial charge in [-0.25, -0.2) is 4.79 Å². The van der Waals surface area contributed by atoms with Crippen LogP contribution in [0.25, 0.3) is 0 Å². The van der Waals surface area contributed by atoms with E-state index in [9.17, 15) is 14.4 Å². The number of amides is 2. The molecule has 21 heavy (non-hydrogen) atoms. The number of piperidine rings is 1. The first-order chi connectivity index (χ1) is 10.0. The third kappa shape index (κ3) is 3.62. The van der Waals surface area contributed by atoms with E-state index in [1.54, 1.807) is 11.9 Å². The summed E-state index contributed by atoms with van der Waals surface area (Å²) in [6.45, 7) is 1.09. The molecule has 0 unspecified atom stereocenters. The van der Waals surface area contributed by atoms with Gasteiger partial charge in [0.15, 0.2) is 5.76 Å². The summed E-state index contributed by atoms with van der Waals surface area (Å²) in [6, 6.07) is 1.24. The Balaban J connectivity index is 1.90. The van der Waals surface area contributed by atoms with E-state index in [-0.39, 0.29) is 29.1 Å². The Bertz CT molecular complexity index is 543. The van der Waals surface area contributed by atoms with Crippen LogP contribution in [0, 0.1) is 5.92 Å². The van der Waals surface area contributed by atoms with Crippen molar-refractivity contribution < 1.29 is 23.9 Å². The number of carbonyl (C=O) groups is 3. The number of rotatable bonds is 4. The minimum absolute atomic E-state index is 0.0110. The zero-order valence-corrected chi connectivity index (χ0v) is 11.8. The fourth-order valence-electron chi connectivity index (χ4n) is 2.42. The van der Waals surface area contributed by atoms with Gasteiger partial charge in [-0.1, -0.05) is 0 Å². The van der Waals surface area contributed by atoms with Crippen molar-refractivity contribution in [2.45, 2.75) is 19.3 Å². The topological polar surface area (TPSA) is 99.9 Å². The molecule has 1 saturated heterocycles. The number of likely N-dealkylation sites (tertiary alicyclic amines) is 1. The lowest BCUT2D eigenvalue weighted by atomic mass is 9.93. The summed E-state index contributed by atoms with van der Waals surface area (Å²) in [7, 11) is 1.61. The molecule has 2 rings (SSSR count). The van der Waals surface area contributed by atoms with Gasteiger partial charge in [0, 0.05) is 32.6 Å². The molecular formula is C14H18N2O5. The van der Waals surface area contributed by atoms with E-state index in [0.717, 1.165) is 19.1 Å². The summed E-state index contributed by atoms with van der Waals surface area (Å²) in [5.74, 6) is -1.10. The fraction of sp³-hybridized carbons (Fsp3) is 0.500. The van der Waals surface area contributed by atoms with E-state index >= 15 is 0 Å². The highest BCUT2D eigenvalue weighted by molar-refractivity contribution is 5.95. The summed E-state index contributed by atoms with van der Waals surface area (Å²) in [4.78, 5) is 35.9. The zero-order valence-electron chi connectivity index (χ0n) is 11.8. The van der Waals surface area contributed by atoms with Crippen molar-refractivity contribution in [1.82, 2.24) is 10.2 Å². The average Bonchev–Trinajstić information content (AvgIpc) is 2.97.